The van der Waals surface area contributed by atoms with Gasteiger partial charge in [0.15, 0.2) is 5.76 Å². The fourth-order valence-electron chi connectivity index (χ4n) is 3.83. The first-order valence-corrected chi connectivity index (χ1v) is 11.5. The number of imidazole rings is 1. The molecule has 2 N–H and O–H groups in total. The number of carbonyl (C=O) groups excluding carboxylic acids is 2. The Labute approximate surface area is 207 Å². The summed E-state index contributed by atoms with van der Waals surface area (Å²) in [6, 6.07) is 30.2. The van der Waals surface area contributed by atoms with E-state index in [1.807, 2.05) is 89.5 Å². The zero-order valence-electron chi connectivity index (χ0n) is 19.4. The molecule has 0 unspecified atom stereocenters. The van der Waals surface area contributed by atoms with Crippen molar-refractivity contribution < 1.29 is 18.7 Å². The molecule has 0 saturated carbocycles. The van der Waals surface area contributed by atoms with Crippen molar-refractivity contribution >= 4 is 22.8 Å². The van der Waals surface area contributed by atoms with E-state index in [0.717, 1.165) is 22.5 Å². The minimum Gasteiger partial charge on any atom is -0.486 e. The van der Waals surface area contributed by atoms with E-state index < -0.39 is 5.91 Å². The number of hydrazine groups is 1. The third-order valence-corrected chi connectivity index (χ3v) is 5.55. The SMILES string of the molecule is O=C(CCc1nc2ccccc2n1-c1ccccc1)NNC(=O)c1ccc(COc2ccccc2)o1. The van der Waals surface area contributed by atoms with Crippen LogP contribution in [-0.2, 0) is 17.8 Å². The lowest BCUT2D eigenvalue weighted by molar-refractivity contribution is -0.121. The predicted molar refractivity (Wildman–Crippen MR) is 134 cm³/mol. The predicted octanol–water partition coefficient (Wildman–Crippen LogP) is 4.59. The summed E-state index contributed by atoms with van der Waals surface area (Å²) in [6.45, 7) is 0.187. The summed E-state index contributed by atoms with van der Waals surface area (Å²) in [5.74, 6) is 1.15. The lowest BCUT2D eigenvalue weighted by atomic mass is 10.2. The molecule has 2 amide bonds. The van der Waals surface area contributed by atoms with Crippen molar-refractivity contribution in [3.05, 3.63) is 114 Å². The molecule has 0 aliphatic rings. The second-order valence-electron chi connectivity index (χ2n) is 8.06. The van der Waals surface area contributed by atoms with Crippen molar-refractivity contribution in [2.75, 3.05) is 0 Å². The fourth-order valence-corrected chi connectivity index (χ4v) is 3.83. The third-order valence-electron chi connectivity index (χ3n) is 5.55. The van der Waals surface area contributed by atoms with Crippen LogP contribution in [0.1, 0.15) is 28.6 Å². The number of aryl methyl sites for hydroxylation is 1. The van der Waals surface area contributed by atoms with Crippen LogP contribution in [0.4, 0.5) is 0 Å². The molecule has 8 heteroatoms. The maximum absolute atomic E-state index is 12.5. The van der Waals surface area contributed by atoms with E-state index in [1.165, 1.54) is 6.07 Å². The first-order valence-electron chi connectivity index (χ1n) is 11.5. The zero-order chi connectivity index (χ0) is 24.7. The van der Waals surface area contributed by atoms with Crippen molar-refractivity contribution in [3.63, 3.8) is 0 Å². The van der Waals surface area contributed by atoms with Gasteiger partial charge in [0, 0.05) is 18.5 Å². The van der Waals surface area contributed by atoms with Gasteiger partial charge in [-0.1, -0.05) is 48.5 Å². The number of ether oxygens (including phenoxy) is 1. The van der Waals surface area contributed by atoms with E-state index in [2.05, 4.69) is 10.9 Å². The Balaban J connectivity index is 1.16. The van der Waals surface area contributed by atoms with Crippen LogP contribution in [0.3, 0.4) is 0 Å². The minimum absolute atomic E-state index is 0.0767. The van der Waals surface area contributed by atoms with Crippen molar-refractivity contribution in [3.8, 4) is 11.4 Å². The number of fused-ring (bicyclic) bond motifs is 1. The second-order valence-corrected chi connectivity index (χ2v) is 8.06. The minimum atomic E-state index is -0.550. The average Bonchev–Trinajstić information content (AvgIpc) is 3.55. The molecule has 0 bridgehead atoms. The van der Waals surface area contributed by atoms with E-state index in [0.29, 0.717) is 17.9 Å². The molecule has 3 aromatic carbocycles. The van der Waals surface area contributed by atoms with Gasteiger partial charge in [0.05, 0.1) is 11.0 Å². The summed E-state index contributed by atoms with van der Waals surface area (Å²) in [7, 11) is 0. The maximum Gasteiger partial charge on any atom is 0.305 e. The molecule has 5 aromatic rings. The number of para-hydroxylation sites is 4. The lowest BCUT2D eigenvalue weighted by Crippen LogP contribution is -2.41. The Morgan fingerprint density at radius 3 is 2.36 bits per heavy atom. The molecule has 0 spiro atoms. The van der Waals surface area contributed by atoms with Gasteiger partial charge in [0.25, 0.3) is 0 Å². The number of amides is 2. The van der Waals surface area contributed by atoms with Crippen LogP contribution in [0, 0.1) is 0 Å². The maximum atomic E-state index is 12.5. The molecule has 0 aliphatic heterocycles. The standard InChI is InChI=1S/C28H24N4O4/c33-27(30-31-28(34)25-16-15-22(36-25)19-35-21-11-5-2-6-12-21)18-17-26-29-23-13-7-8-14-24(23)32(26)20-9-3-1-4-10-20/h1-16H,17-19H2,(H,30,33)(H,31,34). The lowest BCUT2D eigenvalue weighted by Gasteiger charge is -2.10. The van der Waals surface area contributed by atoms with Crippen LogP contribution in [0.15, 0.2) is 101 Å². The molecule has 2 aromatic heterocycles. The van der Waals surface area contributed by atoms with Crippen LogP contribution in [0.2, 0.25) is 0 Å². The molecular weight excluding hydrogens is 456 g/mol. The highest BCUT2D eigenvalue weighted by Gasteiger charge is 2.15. The molecule has 36 heavy (non-hydrogen) atoms. The molecular formula is C28H24N4O4. The van der Waals surface area contributed by atoms with Crippen LogP contribution in [0.5, 0.6) is 5.75 Å². The number of nitrogens with zero attached hydrogens (tertiary/aromatic N) is 2. The van der Waals surface area contributed by atoms with Crippen molar-refractivity contribution in [1.29, 1.82) is 0 Å². The normalized spacial score (nSPS) is 10.8. The first-order chi connectivity index (χ1) is 17.7. The van der Waals surface area contributed by atoms with Gasteiger partial charge in [-0.25, -0.2) is 4.98 Å². The van der Waals surface area contributed by atoms with Crippen LogP contribution < -0.4 is 15.6 Å². The van der Waals surface area contributed by atoms with Gasteiger partial charge in [-0.15, -0.1) is 0 Å². The summed E-state index contributed by atoms with van der Waals surface area (Å²) >= 11 is 0. The van der Waals surface area contributed by atoms with E-state index in [9.17, 15) is 9.59 Å². The van der Waals surface area contributed by atoms with E-state index in [-0.39, 0.29) is 24.7 Å². The molecule has 2 heterocycles. The molecule has 5 rings (SSSR count). The summed E-state index contributed by atoms with van der Waals surface area (Å²) < 4.78 is 13.2. The van der Waals surface area contributed by atoms with Crippen molar-refractivity contribution in [1.82, 2.24) is 20.4 Å². The van der Waals surface area contributed by atoms with Crippen LogP contribution in [0.25, 0.3) is 16.7 Å². The number of aromatic nitrogens is 2. The molecule has 0 atom stereocenters. The topological polar surface area (TPSA) is 98.4 Å². The smallest absolute Gasteiger partial charge is 0.305 e. The number of furan rings is 1. The summed E-state index contributed by atoms with van der Waals surface area (Å²) in [6.07, 6.45) is 0.539. The fraction of sp³-hybridized carbons (Fsp3) is 0.107. The Morgan fingerprint density at radius 1 is 0.833 bits per heavy atom. The van der Waals surface area contributed by atoms with Gasteiger partial charge in [0.2, 0.25) is 5.91 Å². The first kappa shape index (κ1) is 22.9. The van der Waals surface area contributed by atoms with Gasteiger partial charge in [0.1, 0.15) is 23.9 Å². The van der Waals surface area contributed by atoms with Gasteiger partial charge in [-0.3, -0.25) is 25.0 Å². The molecule has 0 radical (unpaired) electrons. The highest BCUT2D eigenvalue weighted by molar-refractivity contribution is 5.93. The summed E-state index contributed by atoms with van der Waals surface area (Å²) in [5, 5.41) is 0. The van der Waals surface area contributed by atoms with Gasteiger partial charge in [-0.2, -0.15) is 0 Å². The number of hydrogen-bond donors (Lipinski definition) is 2. The molecule has 8 nitrogen and oxygen atoms in total. The van der Waals surface area contributed by atoms with E-state index >= 15 is 0 Å². The Bertz CT molecular complexity index is 1480. The van der Waals surface area contributed by atoms with Crippen molar-refractivity contribution in [2.45, 2.75) is 19.4 Å². The number of rotatable bonds is 8. The largest absolute Gasteiger partial charge is 0.486 e. The van der Waals surface area contributed by atoms with Gasteiger partial charge < -0.3 is 9.15 Å². The summed E-state index contributed by atoms with van der Waals surface area (Å²) in [5.41, 5.74) is 7.64. The average molecular weight is 481 g/mol. The highest BCUT2D eigenvalue weighted by atomic mass is 16.5. The van der Waals surface area contributed by atoms with E-state index in [1.54, 1.807) is 6.07 Å². The Kier molecular flexibility index (Phi) is 6.75. The van der Waals surface area contributed by atoms with Crippen LogP contribution >= 0.6 is 0 Å². The molecule has 0 aliphatic carbocycles. The number of hydrogen-bond acceptors (Lipinski definition) is 5. The van der Waals surface area contributed by atoms with Gasteiger partial charge in [-0.05, 0) is 48.5 Å². The van der Waals surface area contributed by atoms with Crippen LogP contribution in [-0.4, -0.2) is 21.4 Å². The number of carbonyl (C=O) groups is 2. The van der Waals surface area contributed by atoms with Crippen molar-refractivity contribution in [2.24, 2.45) is 0 Å². The second kappa shape index (κ2) is 10.6. The Morgan fingerprint density at radius 2 is 1.56 bits per heavy atom. The summed E-state index contributed by atoms with van der Waals surface area (Å²) in [4.78, 5) is 29.6. The third kappa shape index (κ3) is 5.28. The molecule has 180 valence electrons. The number of benzene rings is 3. The Hall–Kier alpha value is -4.85. The molecule has 0 saturated heterocycles. The van der Waals surface area contributed by atoms with Gasteiger partial charge >= 0.3 is 5.91 Å². The molecule has 0 fully saturated rings. The van der Waals surface area contributed by atoms with E-state index in [4.69, 9.17) is 14.1 Å². The monoisotopic (exact) mass is 480 g/mol. The zero-order valence-corrected chi connectivity index (χ0v) is 19.4. The highest BCUT2D eigenvalue weighted by Crippen LogP contribution is 2.22. The number of nitrogens with one attached hydrogen (secondary N) is 2. The quantitative estimate of drug-likeness (QED) is 0.317.